The number of halogens is 1. The van der Waals surface area contributed by atoms with Gasteiger partial charge in [-0.25, -0.2) is 4.84 Å². The fourth-order valence-corrected chi connectivity index (χ4v) is 1.93. The number of hydrogen-bond donors (Lipinski definition) is 3. The van der Waals surface area contributed by atoms with E-state index in [-0.39, 0.29) is 6.54 Å². The van der Waals surface area contributed by atoms with Crippen LogP contribution in [0.25, 0.3) is 0 Å². The maximum absolute atomic E-state index is 9.86. The lowest BCUT2D eigenvalue weighted by Gasteiger charge is -2.38. The van der Waals surface area contributed by atoms with Gasteiger partial charge in [0.1, 0.15) is 5.60 Å². The van der Waals surface area contributed by atoms with Gasteiger partial charge in [0.15, 0.2) is 0 Å². The quantitative estimate of drug-likeness (QED) is 0.565. The molecule has 0 saturated heterocycles. The molecule has 0 amide bonds. The predicted molar refractivity (Wildman–Crippen MR) is 47.8 cm³/mol. The first kappa shape index (κ1) is 10.3. The molecule has 0 radical (unpaired) electrons. The van der Waals surface area contributed by atoms with Crippen LogP contribution in [0.2, 0.25) is 0 Å². The highest BCUT2D eigenvalue weighted by Crippen LogP contribution is 2.31. The number of nitrogens with one attached hydrogen (secondary N) is 1. The molecule has 0 spiro atoms. The van der Waals surface area contributed by atoms with Gasteiger partial charge in [-0.05, 0) is 37.0 Å². The van der Waals surface area contributed by atoms with Crippen LogP contribution in [0, 0.1) is 5.92 Å². The lowest BCUT2D eigenvalue weighted by Crippen LogP contribution is -2.51. The van der Waals surface area contributed by atoms with Crippen LogP contribution in [0.3, 0.4) is 0 Å². The summed E-state index contributed by atoms with van der Waals surface area (Å²) in [6.45, 7) is 2.33. The van der Waals surface area contributed by atoms with Crippen molar-refractivity contribution in [2.45, 2.75) is 37.9 Å². The van der Waals surface area contributed by atoms with Crippen molar-refractivity contribution >= 4 is 11.8 Å². The highest BCUT2D eigenvalue weighted by molar-refractivity contribution is 6.13. The Balaban J connectivity index is 2.53. The van der Waals surface area contributed by atoms with Crippen molar-refractivity contribution in [3.63, 3.8) is 0 Å². The van der Waals surface area contributed by atoms with E-state index >= 15 is 0 Å². The third kappa shape index (κ3) is 2.10. The van der Waals surface area contributed by atoms with Crippen molar-refractivity contribution in [1.29, 1.82) is 0 Å². The van der Waals surface area contributed by atoms with Crippen molar-refractivity contribution in [2.75, 3.05) is 6.54 Å². The average molecular weight is 194 g/mol. The van der Waals surface area contributed by atoms with E-state index in [0.29, 0.717) is 18.8 Å². The molecule has 3 nitrogen and oxygen atoms in total. The van der Waals surface area contributed by atoms with Crippen molar-refractivity contribution < 1.29 is 10.2 Å². The Morgan fingerprint density at radius 2 is 2.33 bits per heavy atom. The molecule has 3 atom stereocenters. The second-order valence-electron chi connectivity index (χ2n) is 3.81. The molecule has 1 aliphatic carbocycles. The smallest absolute Gasteiger partial charge is 0.104 e. The third-order valence-corrected chi connectivity index (χ3v) is 2.82. The van der Waals surface area contributed by atoms with Gasteiger partial charge in [-0.15, -0.1) is 0 Å². The van der Waals surface area contributed by atoms with E-state index < -0.39 is 11.7 Å². The molecular formula is C8H16ClNO2. The first-order valence-electron chi connectivity index (χ1n) is 4.32. The molecule has 72 valence electrons. The van der Waals surface area contributed by atoms with Gasteiger partial charge in [-0.1, -0.05) is 6.92 Å². The number of rotatable bonds is 2. The minimum absolute atomic E-state index is 0.252. The van der Waals surface area contributed by atoms with Gasteiger partial charge < -0.3 is 10.2 Å². The van der Waals surface area contributed by atoms with E-state index in [0.717, 1.165) is 6.42 Å². The molecule has 0 bridgehead atoms. The molecule has 1 aliphatic rings. The van der Waals surface area contributed by atoms with E-state index in [1.165, 1.54) is 0 Å². The average Bonchev–Trinajstić information content (AvgIpc) is 1.99. The summed E-state index contributed by atoms with van der Waals surface area (Å²) >= 11 is 5.31. The van der Waals surface area contributed by atoms with E-state index in [9.17, 15) is 10.2 Å². The topological polar surface area (TPSA) is 52.5 Å². The molecule has 4 heteroatoms. The van der Waals surface area contributed by atoms with Crippen LogP contribution >= 0.6 is 11.8 Å². The van der Waals surface area contributed by atoms with Crippen LogP contribution in [-0.2, 0) is 0 Å². The molecule has 1 rings (SSSR count). The van der Waals surface area contributed by atoms with Gasteiger partial charge in [-0.3, -0.25) is 0 Å². The Kier molecular flexibility index (Phi) is 3.35. The monoisotopic (exact) mass is 193 g/mol. The largest absolute Gasteiger partial charge is 0.390 e. The molecule has 0 aromatic rings. The normalized spacial score (nSPS) is 43.0. The molecule has 1 saturated carbocycles. The molecule has 3 N–H and O–H groups in total. The Labute approximate surface area is 77.8 Å². The van der Waals surface area contributed by atoms with Gasteiger partial charge in [0, 0.05) is 6.54 Å². The van der Waals surface area contributed by atoms with Crippen molar-refractivity contribution in [1.82, 2.24) is 4.84 Å². The Morgan fingerprint density at radius 1 is 1.67 bits per heavy atom. The van der Waals surface area contributed by atoms with Gasteiger partial charge in [-0.2, -0.15) is 0 Å². The molecule has 1 fully saturated rings. The van der Waals surface area contributed by atoms with E-state index in [1.54, 1.807) is 0 Å². The van der Waals surface area contributed by atoms with Gasteiger partial charge >= 0.3 is 0 Å². The van der Waals surface area contributed by atoms with E-state index in [2.05, 4.69) is 11.8 Å². The Hall–Kier alpha value is 0.170. The van der Waals surface area contributed by atoms with E-state index in [4.69, 9.17) is 11.8 Å². The molecule has 1 unspecified atom stereocenters. The second kappa shape index (κ2) is 3.92. The first-order chi connectivity index (χ1) is 5.58. The highest BCUT2D eigenvalue weighted by Gasteiger charge is 2.39. The first-order valence-corrected chi connectivity index (χ1v) is 4.70. The molecule has 0 aromatic carbocycles. The molecular weight excluding hydrogens is 178 g/mol. The molecule has 0 aromatic heterocycles. The highest BCUT2D eigenvalue weighted by atomic mass is 35.5. The maximum atomic E-state index is 9.86. The Bertz CT molecular complexity index is 156. The number of aliphatic hydroxyl groups is 2. The summed E-state index contributed by atoms with van der Waals surface area (Å²) in [5.41, 5.74) is -1.02. The van der Waals surface area contributed by atoms with Gasteiger partial charge in [0.25, 0.3) is 0 Å². The van der Waals surface area contributed by atoms with Gasteiger partial charge in [0.2, 0.25) is 0 Å². The van der Waals surface area contributed by atoms with Crippen LogP contribution in [0.1, 0.15) is 26.2 Å². The molecule has 12 heavy (non-hydrogen) atoms. The lowest BCUT2D eigenvalue weighted by atomic mass is 9.77. The summed E-state index contributed by atoms with van der Waals surface area (Å²) in [4.78, 5) is 2.39. The Morgan fingerprint density at radius 3 is 2.83 bits per heavy atom. The zero-order valence-electron chi connectivity index (χ0n) is 7.26. The van der Waals surface area contributed by atoms with Crippen LogP contribution in [0.5, 0.6) is 0 Å². The van der Waals surface area contributed by atoms with E-state index in [1.807, 2.05) is 0 Å². The zero-order chi connectivity index (χ0) is 9.19. The molecule has 0 heterocycles. The lowest BCUT2D eigenvalue weighted by molar-refractivity contribution is -0.105. The van der Waals surface area contributed by atoms with Crippen molar-refractivity contribution in [3.8, 4) is 0 Å². The second-order valence-corrected chi connectivity index (χ2v) is 4.08. The SMILES string of the molecule is CC1CC[C@@](O)(CNCl)[C@H](O)C1. The van der Waals surface area contributed by atoms with Crippen molar-refractivity contribution in [2.24, 2.45) is 5.92 Å². The number of aliphatic hydroxyl groups excluding tert-OH is 1. The third-order valence-electron chi connectivity index (χ3n) is 2.69. The van der Waals surface area contributed by atoms with Crippen LogP contribution in [0.15, 0.2) is 0 Å². The fraction of sp³-hybridized carbons (Fsp3) is 1.00. The summed E-state index contributed by atoms with van der Waals surface area (Å²) in [5.74, 6) is 0.496. The van der Waals surface area contributed by atoms with Crippen molar-refractivity contribution in [3.05, 3.63) is 0 Å². The van der Waals surface area contributed by atoms with Crippen LogP contribution < -0.4 is 4.84 Å². The van der Waals surface area contributed by atoms with Gasteiger partial charge in [0.05, 0.1) is 6.10 Å². The standard InChI is InChI=1S/C8H16ClNO2/c1-6-2-3-8(12,5-10-9)7(11)4-6/h6-7,10-12H,2-5H2,1H3/t6?,7-,8-/m1/s1. The fourth-order valence-electron chi connectivity index (χ4n) is 1.70. The minimum atomic E-state index is -1.02. The molecule has 0 aliphatic heterocycles. The predicted octanol–water partition coefficient (Wildman–Crippen LogP) is 0.642. The summed E-state index contributed by atoms with van der Waals surface area (Å²) < 4.78 is 0. The van der Waals surface area contributed by atoms with Crippen LogP contribution in [-0.4, -0.2) is 28.5 Å². The minimum Gasteiger partial charge on any atom is -0.390 e. The number of hydrogen-bond acceptors (Lipinski definition) is 3. The van der Waals surface area contributed by atoms with Crippen LogP contribution in [0.4, 0.5) is 0 Å². The zero-order valence-corrected chi connectivity index (χ0v) is 8.01. The summed E-state index contributed by atoms with van der Waals surface area (Å²) in [5, 5.41) is 19.4. The summed E-state index contributed by atoms with van der Waals surface area (Å²) in [6, 6.07) is 0. The maximum Gasteiger partial charge on any atom is 0.104 e. The summed E-state index contributed by atoms with van der Waals surface area (Å²) in [7, 11) is 0. The summed E-state index contributed by atoms with van der Waals surface area (Å²) in [6.07, 6.45) is 1.59.